The summed E-state index contributed by atoms with van der Waals surface area (Å²) in [4.78, 5) is 13.6. The molecule has 0 bridgehead atoms. The van der Waals surface area contributed by atoms with Crippen molar-refractivity contribution in [3.63, 3.8) is 0 Å². The molecule has 1 saturated heterocycles. The topological polar surface area (TPSA) is 41.6 Å². The molecule has 1 spiro atoms. The van der Waals surface area contributed by atoms with Gasteiger partial charge >= 0.3 is 0 Å². The van der Waals surface area contributed by atoms with Gasteiger partial charge in [0.25, 0.3) is 0 Å². The number of hydrogen-bond acceptors (Lipinski definition) is 3. The molecule has 0 aromatic carbocycles. The molecular formula is C10H18N2O2. The molecule has 2 fully saturated rings. The number of nitrogens with one attached hydrogen (secondary N) is 1. The van der Waals surface area contributed by atoms with E-state index in [4.69, 9.17) is 4.74 Å². The predicted molar refractivity (Wildman–Crippen MR) is 52.8 cm³/mol. The smallest absolute Gasteiger partial charge is 0.238 e. The minimum Gasteiger partial charge on any atom is -0.383 e. The van der Waals surface area contributed by atoms with Gasteiger partial charge in [0.1, 0.15) is 0 Å². The summed E-state index contributed by atoms with van der Waals surface area (Å²) in [6.45, 7) is 1.86. The number of methoxy groups -OCH3 is 1. The fourth-order valence-corrected chi connectivity index (χ4v) is 2.60. The van der Waals surface area contributed by atoms with E-state index in [2.05, 4.69) is 5.32 Å². The van der Waals surface area contributed by atoms with E-state index in [0.717, 1.165) is 19.4 Å². The van der Waals surface area contributed by atoms with E-state index < -0.39 is 0 Å². The van der Waals surface area contributed by atoms with Crippen LogP contribution >= 0.6 is 0 Å². The van der Waals surface area contributed by atoms with Crippen LogP contribution in [-0.4, -0.2) is 43.3 Å². The molecule has 1 aliphatic carbocycles. The average Bonchev–Trinajstić information content (AvgIpc) is 2.75. The van der Waals surface area contributed by atoms with Gasteiger partial charge in [-0.3, -0.25) is 10.1 Å². The van der Waals surface area contributed by atoms with E-state index in [1.54, 1.807) is 7.11 Å². The number of ether oxygens (including phenoxy) is 1. The first-order chi connectivity index (χ1) is 6.78. The van der Waals surface area contributed by atoms with E-state index in [0.29, 0.717) is 13.2 Å². The maximum atomic E-state index is 11.6. The Labute approximate surface area is 84.6 Å². The lowest BCUT2D eigenvalue weighted by atomic mass is 10.1. The lowest BCUT2D eigenvalue weighted by Gasteiger charge is -2.34. The van der Waals surface area contributed by atoms with Crippen molar-refractivity contribution in [3.8, 4) is 0 Å². The summed E-state index contributed by atoms with van der Waals surface area (Å²) in [5.41, 5.74) is -0.0182. The molecule has 2 rings (SSSR count). The fraction of sp³-hybridized carbons (Fsp3) is 0.900. The molecule has 0 unspecified atom stereocenters. The van der Waals surface area contributed by atoms with Gasteiger partial charge in [0.15, 0.2) is 0 Å². The minimum atomic E-state index is -0.0182. The highest BCUT2D eigenvalue weighted by molar-refractivity contribution is 5.81. The first-order valence-electron chi connectivity index (χ1n) is 5.33. The van der Waals surface area contributed by atoms with Crippen LogP contribution in [0.15, 0.2) is 0 Å². The van der Waals surface area contributed by atoms with Crippen molar-refractivity contribution < 1.29 is 9.53 Å². The molecule has 1 amide bonds. The second-order valence-corrected chi connectivity index (χ2v) is 4.13. The van der Waals surface area contributed by atoms with Crippen LogP contribution in [0.2, 0.25) is 0 Å². The molecule has 80 valence electrons. The van der Waals surface area contributed by atoms with Gasteiger partial charge in [0.05, 0.1) is 18.8 Å². The molecule has 0 aromatic rings. The largest absolute Gasteiger partial charge is 0.383 e. The van der Waals surface area contributed by atoms with E-state index >= 15 is 0 Å². The molecule has 4 nitrogen and oxygen atoms in total. The van der Waals surface area contributed by atoms with E-state index in [9.17, 15) is 4.79 Å². The van der Waals surface area contributed by atoms with Gasteiger partial charge in [0, 0.05) is 13.7 Å². The standard InChI is InChI=1S/C10H18N2O2/c1-14-7-6-12-9(13)8-11-10(12)4-2-3-5-10/h11H,2-8H2,1H3. The normalized spacial score (nSPS) is 25.2. The van der Waals surface area contributed by atoms with Crippen molar-refractivity contribution in [2.75, 3.05) is 26.8 Å². The van der Waals surface area contributed by atoms with Gasteiger partial charge < -0.3 is 9.64 Å². The summed E-state index contributed by atoms with van der Waals surface area (Å²) in [5.74, 6) is 0.226. The molecule has 2 aliphatic rings. The summed E-state index contributed by atoms with van der Waals surface area (Å²) in [6, 6.07) is 0. The maximum Gasteiger partial charge on any atom is 0.238 e. The summed E-state index contributed by atoms with van der Waals surface area (Å²) in [6.07, 6.45) is 4.65. The molecule has 14 heavy (non-hydrogen) atoms. The van der Waals surface area contributed by atoms with Crippen molar-refractivity contribution in [1.82, 2.24) is 10.2 Å². The van der Waals surface area contributed by atoms with Gasteiger partial charge in [-0.1, -0.05) is 0 Å². The summed E-state index contributed by atoms with van der Waals surface area (Å²) < 4.78 is 5.03. The molecule has 0 aromatic heterocycles. The zero-order valence-corrected chi connectivity index (χ0v) is 8.71. The molecule has 1 heterocycles. The van der Waals surface area contributed by atoms with Crippen LogP contribution in [0.4, 0.5) is 0 Å². The quantitative estimate of drug-likeness (QED) is 0.711. The number of amides is 1. The highest BCUT2D eigenvalue weighted by Crippen LogP contribution is 2.35. The molecule has 1 aliphatic heterocycles. The molecule has 0 atom stereocenters. The monoisotopic (exact) mass is 198 g/mol. The van der Waals surface area contributed by atoms with Crippen LogP contribution in [-0.2, 0) is 9.53 Å². The maximum absolute atomic E-state index is 11.6. The fourth-order valence-electron chi connectivity index (χ4n) is 2.60. The van der Waals surface area contributed by atoms with Gasteiger partial charge in [-0.2, -0.15) is 0 Å². The van der Waals surface area contributed by atoms with Gasteiger partial charge in [-0.05, 0) is 25.7 Å². The number of carbonyl (C=O) groups excluding carboxylic acids is 1. The molecule has 1 saturated carbocycles. The Balaban J connectivity index is 2.04. The van der Waals surface area contributed by atoms with E-state index in [-0.39, 0.29) is 11.6 Å². The third-order valence-corrected chi connectivity index (χ3v) is 3.34. The summed E-state index contributed by atoms with van der Waals surface area (Å²) in [5, 5.41) is 3.36. The first-order valence-corrected chi connectivity index (χ1v) is 5.33. The summed E-state index contributed by atoms with van der Waals surface area (Å²) >= 11 is 0. The Kier molecular flexibility index (Phi) is 2.74. The minimum absolute atomic E-state index is 0.0182. The molecular weight excluding hydrogens is 180 g/mol. The predicted octanol–water partition coefficient (Wildman–Crippen LogP) is 0.335. The van der Waals surface area contributed by atoms with Crippen LogP contribution in [0.3, 0.4) is 0 Å². The van der Waals surface area contributed by atoms with Crippen LogP contribution in [0.25, 0.3) is 0 Å². The van der Waals surface area contributed by atoms with Crippen LogP contribution in [0.5, 0.6) is 0 Å². The molecule has 1 N–H and O–H groups in total. The lowest BCUT2D eigenvalue weighted by molar-refractivity contribution is -0.131. The molecule has 4 heteroatoms. The van der Waals surface area contributed by atoms with Gasteiger partial charge in [-0.25, -0.2) is 0 Å². The van der Waals surface area contributed by atoms with Crippen LogP contribution < -0.4 is 5.32 Å². The first kappa shape index (κ1) is 9.93. The van der Waals surface area contributed by atoms with Crippen molar-refractivity contribution >= 4 is 5.91 Å². The van der Waals surface area contributed by atoms with Gasteiger partial charge in [0.2, 0.25) is 5.91 Å². The summed E-state index contributed by atoms with van der Waals surface area (Å²) in [7, 11) is 1.68. The lowest BCUT2D eigenvalue weighted by Crippen LogP contribution is -2.51. The van der Waals surface area contributed by atoms with Crippen molar-refractivity contribution in [1.29, 1.82) is 0 Å². The Morgan fingerprint density at radius 2 is 2.21 bits per heavy atom. The average molecular weight is 198 g/mol. The van der Waals surface area contributed by atoms with E-state index in [1.807, 2.05) is 4.90 Å². The Morgan fingerprint density at radius 1 is 1.50 bits per heavy atom. The van der Waals surface area contributed by atoms with Gasteiger partial charge in [-0.15, -0.1) is 0 Å². The zero-order valence-electron chi connectivity index (χ0n) is 8.71. The van der Waals surface area contributed by atoms with Crippen LogP contribution in [0.1, 0.15) is 25.7 Å². The molecule has 0 radical (unpaired) electrons. The SMILES string of the molecule is COCCN1C(=O)CNC12CCCC2. The van der Waals surface area contributed by atoms with Crippen molar-refractivity contribution in [3.05, 3.63) is 0 Å². The second-order valence-electron chi connectivity index (χ2n) is 4.13. The third-order valence-electron chi connectivity index (χ3n) is 3.34. The highest BCUT2D eigenvalue weighted by atomic mass is 16.5. The Bertz CT molecular complexity index is 224. The van der Waals surface area contributed by atoms with Crippen molar-refractivity contribution in [2.24, 2.45) is 0 Å². The number of nitrogens with zero attached hydrogens (tertiary/aromatic N) is 1. The van der Waals surface area contributed by atoms with Crippen LogP contribution in [0, 0.1) is 0 Å². The number of rotatable bonds is 3. The Hall–Kier alpha value is -0.610. The van der Waals surface area contributed by atoms with Crippen molar-refractivity contribution in [2.45, 2.75) is 31.3 Å². The highest BCUT2D eigenvalue weighted by Gasteiger charge is 2.46. The Morgan fingerprint density at radius 3 is 2.86 bits per heavy atom. The third kappa shape index (κ3) is 1.53. The van der Waals surface area contributed by atoms with E-state index in [1.165, 1.54) is 12.8 Å². The second kappa shape index (κ2) is 3.87. The number of hydrogen-bond donors (Lipinski definition) is 1. The number of carbonyl (C=O) groups is 1. The zero-order chi connectivity index (χ0) is 10.0.